The molecule has 1 unspecified atom stereocenters. The van der Waals surface area contributed by atoms with Crippen LogP contribution in [0.15, 0.2) is 48.5 Å². The van der Waals surface area contributed by atoms with Crippen LogP contribution in [-0.2, 0) is 9.53 Å². The van der Waals surface area contributed by atoms with Crippen LogP contribution in [0.1, 0.15) is 35.8 Å². The molecule has 0 saturated carbocycles. The number of halogens is 1. The number of methoxy groups -OCH3 is 1. The van der Waals surface area contributed by atoms with E-state index >= 15 is 0 Å². The number of anilines is 1. The van der Waals surface area contributed by atoms with Gasteiger partial charge in [0.25, 0.3) is 5.91 Å². The molecule has 7 heteroatoms. The smallest absolute Gasteiger partial charge is 0.252 e. The van der Waals surface area contributed by atoms with Crippen LogP contribution < -0.4 is 10.6 Å². The zero-order chi connectivity index (χ0) is 21.2. The average Bonchev–Trinajstić information content (AvgIpc) is 2.72. The maximum Gasteiger partial charge on any atom is 0.252 e. The number of nitrogens with zero attached hydrogens (tertiary/aromatic N) is 1. The molecule has 0 radical (unpaired) electrons. The molecule has 29 heavy (non-hydrogen) atoms. The van der Waals surface area contributed by atoms with Crippen molar-refractivity contribution in [3.05, 3.63) is 64.7 Å². The predicted octanol–water partition coefficient (Wildman–Crippen LogP) is 3.74. The summed E-state index contributed by atoms with van der Waals surface area (Å²) in [4.78, 5) is 27.4. The van der Waals surface area contributed by atoms with E-state index in [2.05, 4.69) is 15.5 Å². The maximum absolute atomic E-state index is 13.1. The van der Waals surface area contributed by atoms with Crippen LogP contribution in [0, 0.1) is 0 Å². The third-order valence-corrected chi connectivity index (χ3v) is 4.93. The Morgan fingerprint density at radius 2 is 1.79 bits per heavy atom. The van der Waals surface area contributed by atoms with E-state index in [1.54, 1.807) is 25.3 Å². The normalized spacial score (nSPS) is 11.9. The second kappa shape index (κ2) is 11.6. The highest BCUT2D eigenvalue weighted by Crippen LogP contribution is 2.25. The van der Waals surface area contributed by atoms with Gasteiger partial charge in [-0.2, -0.15) is 0 Å². The second-order valence-electron chi connectivity index (χ2n) is 6.47. The standard InChI is InChI=1S/C22H28ClN3O3/c1-4-26(5-2)20(16-9-7-6-8-10-16)22(28)25-17-11-12-18(19(23)15-17)21(27)24-13-14-29-3/h6-12,15,20H,4-5,13-14H2,1-3H3,(H,24,27)(H,25,28). The minimum Gasteiger partial charge on any atom is -0.383 e. The average molecular weight is 418 g/mol. The fourth-order valence-electron chi connectivity index (χ4n) is 3.10. The van der Waals surface area contributed by atoms with E-state index in [9.17, 15) is 9.59 Å². The Morgan fingerprint density at radius 3 is 2.38 bits per heavy atom. The highest BCUT2D eigenvalue weighted by atomic mass is 35.5. The summed E-state index contributed by atoms with van der Waals surface area (Å²) in [6.45, 7) is 6.35. The van der Waals surface area contributed by atoms with E-state index in [-0.39, 0.29) is 16.8 Å². The van der Waals surface area contributed by atoms with Crippen LogP contribution in [-0.4, -0.2) is 50.1 Å². The second-order valence-corrected chi connectivity index (χ2v) is 6.87. The van der Waals surface area contributed by atoms with Crippen molar-refractivity contribution in [1.82, 2.24) is 10.2 Å². The molecule has 2 aromatic rings. The number of carbonyl (C=O) groups excluding carboxylic acids is 2. The van der Waals surface area contributed by atoms with Crippen molar-refractivity contribution in [2.45, 2.75) is 19.9 Å². The van der Waals surface area contributed by atoms with Crippen LogP contribution in [0.5, 0.6) is 0 Å². The summed E-state index contributed by atoms with van der Waals surface area (Å²) >= 11 is 6.28. The quantitative estimate of drug-likeness (QED) is 0.578. The van der Waals surface area contributed by atoms with Gasteiger partial charge in [0, 0.05) is 19.3 Å². The van der Waals surface area contributed by atoms with E-state index in [4.69, 9.17) is 16.3 Å². The van der Waals surface area contributed by atoms with Crippen LogP contribution in [0.25, 0.3) is 0 Å². The van der Waals surface area contributed by atoms with Crippen molar-refractivity contribution in [3.8, 4) is 0 Å². The molecule has 0 aliphatic carbocycles. The Hall–Kier alpha value is -2.41. The molecule has 2 aromatic carbocycles. The van der Waals surface area contributed by atoms with Gasteiger partial charge in [-0.15, -0.1) is 0 Å². The highest BCUT2D eigenvalue weighted by molar-refractivity contribution is 6.34. The van der Waals surface area contributed by atoms with Crippen LogP contribution >= 0.6 is 11.6 Å². The van der Waals surface area contributed by atoms with Crippen LogP contribution in [0.3, 0.4) is 0 Å². The third-order valence-electron chi connectivity index (χ3n) is 4.61. The minimum absolute atomic E-state index is 0.145. The first-order chi connectivity index (χ1) is 14.0. The number of likely N-dealkylation sites (N-methyl/N-ethyl adjacent to an activating group) is 1. The molecule has 0 saturated heterocycles. The lowest BCUT2D eigenvalue weighted by Crippen LogP contribution is -2.37. The number of hydrogen-bond acceptors (Lipinski definition) is 4. The molecular formula is C22H28ClN3O3. The van der Waals surface area contributed by atoms with Crippen molar-refractivity contribution < 1.29 is 14.3 Å². The zero-order valence-electron chi connectivity index (χ0n) is 17.1. The van der Waals surface area contributed by atoms with Gasteiger partial charge in [-0.25, -0.2) is 0 Å². The van der Waals surface area contributed by atoms with Crippen molar-refractivity contribution >= 4 is 29.1 Å². The first-order valence-corrected chi connectivity index (χ1v) is 10.1. The molecule has 2 rings (SSSR count). The number of benzene rings is 2. The number of ether oxygens (including phenoxy) is 1. The van der Waals surface area contributed by atoms with Gasteiger partial charge in [0.05, 0.1) is 17.2 Å². The van der Waals surface area contributed by atoms with Gasteiger partial charge >= 0.3 is 0 Å². The van der Waals surface area contributed by atoms with Gasteiger partial charge < -0.3 is 15.4 Å². The zero-order valence-corrected chi connectivity index (χ0v) is 17.8. The Kier molecular flexibility index (Phi) is 9.12. The topological polar surface area (TPSA) is 70.7 Å². The summed E-state index contributed by atoms with van der Waals surface area (Å²) in [6, 6.07) is 14.1. The number of amides is 2. The van der Waals surface area contributed by atoms with E-state index < -0.39 is 6.04 Å². The van der Waals surface area contributed by atoms with E-state index in [0.717, 1.165) is 18.7 Å². The SMILES string of the molecule is CCN(CC)C(C(=O)Nc1ccc(C(=O)NCCOC)c(Cl)c1)c1ccccc1. The molecule has 0 aliphatic heterocycles. The Bertz CT molecular complexity index is 810. The summed E-state index contributed by atoms with van der Waals surface area (Å²) in [6.07, 6.45) is 0. The molecule has 0 heterocycles. The lowest BCUT2D eigenvalue weighted by Gasteiger charge is -2.29. The Balaban J connectivity index is 2.17. The molecule has 0 aromatic heterocycles. The number of carbonyl (C=O) groups is 2. The monoisotopic (exact) mass is 417 g/mol. The van der Waals surface area contributed by atoms with Crippen LogP contribution in [0.2, 0.25) is 5.02 Å². The number of rotatable bonds is 10. The molecule has 0 fully saturated rings. The molecule has 2 amide bonds. The van der Waals surface area contributed by atoms with Gasteiger partial charge in [-0.3, -0.25) is 14.5 Å². The fourth-order valence-corrected chi connectivity index (χ4v) is 3.37. The molecule has 2 N–H and O–H groups in total. The number of hydrogen-bond donors (Lipinski definition) is 2. The van der Waals surface area contributed by atoms with E-state index in [0.29, 0.717) is 24.4 Å². The lowest BCUT2D eigenvalue weighted by molar-refractivity contribution is -0.121. The van der Waals surface area contributed by atoms with Crippen molar-refractivity contribution in [2.24, 2.45) is 0 Å². The third kappa shape index (κ3) is 6.29. The summed E-state index contributed by atoms with van der Waals surface area (Å²) in [7, 11) is 1.57. The minimum atomic E-state index is -0.415. The van der Waals surface area contributed by atoms with E-state index in [1.807, 2.05) is 44.2 Å². The summed E-state index contributed by atoms with van der Waals surface area (Å²) in [5, 5.41) is 5.94. The molecular weight excluding hydrogens is 390 g/mol. The molecule has 6 nitrogen and oxygen atoms in total. The lowest BCUT2D eigenvalue weighted by atomic mass is 10.0. The molecule has 0 bridgehead atoms. The Labute approximate surface area is 177 Å². The van der Waals surface area contributed by atoms with E-state index in [1.165, 1.54) is 0 Å². The molecule has 1 atom stereocenters. The highest BCUT2D eigenvalue weighted by Gasteiger charge is 2.26. The Morgan fingerprint density at radius 1 is 1.10 bits per heavy atom. The molecule has 0 spiro atoms. The first-order valence-electron chi connectivity index (χ1n) is 9.68. The molecule has 0 aliphatic rings. The van der Waals surface area contributed by atoms with Gasteiger partial charge in [0.1, 0.15) is 6.04 Å². The summed E-state index contributed by atoms with van der Waals surface area (Å²) in [5.41, 5.74) is 1.82. The maximum atomic E-state index is 13.1. The first kappa shape index (κ1) is 22.9. The predicted molar refractivity (Wildman–Crippen MR) is 116 cm³/mol. The van der Waals surface area contributed by atoms with Gasteiger partial charge in [0.2, 0.25) is 5.91 Å². The van der Waals surface area contributed by atoms with Gasteiger partial charge in [-0.05, 0) is 36.9 Å². The largest absolute Gasteiger partial charge is 0.383 e. The molecule has 156 valence electrons. The van der Waals surface area contributed by atoms with Crippen molar-refractivity contribution in [1.29, 1.82) is 0 Å². The van der Waals surface area contributed by atoms with Gasteiger partial charge in [-0.1, -0.05) is 55.8 Å². The van der Waals surface area contributed by atoms with Gasteiger partial charge in [0.15, 0.2) is 0 Å². The summed E-state index contributed by atoms with van der Waals surface area (Å²) in [5.74, 6) is -0.427. The van der Waals surface area contributed by atoms with Crippen molar-refractivity contribution in [2.75, 3.05) is 38.7 Å². The number of nitrogens with one attached hydrogen (secondary N) is 2. The van der Waals surface area contributed by atoms with Crippen molar-refractivity contribution in [3.63, 3.8) is 0 Å². The van der Waals surface area contributed by atoms with Crippen LogP contribution in [0.4, 0.5) is 5.69 Å². The summed E-state index contributed by atoms with van der Waals surface area (Å²) < 4.78 is 4.92. The fraction of sp³-hybridized carbons (Fsp3) is 0.364.